The standard InChI is InChI=1S/C11H16N2O7/c1-2-11(9(17)8(16)6(5-14)20-11)12-4-3-7(15)13(19)10(12)18/h3-4,6,8-9,14,16-17,19H,2,5H2,1H3/t6-,8-,9-,11-/m1/s1. The molecule has 1 aromatic rings. The second-order valence-corrected chi connectivity index (χ2v) is 4.59. The topological polar surface area (TPSA) is 134 Å². The zero-order chi connectivity index (χ0) is 15.1. The molecule has 0 aliphatic carbocycles. The Morgan fingerprint density at radius 1 is 1.40 bits per heavy atom. The van der Waals surface area contributed by atoms with Crippen molar-refractivity contribution in [2.45, 2.75) is 37.4 Å². The van der Waals surface area contributed by atoms with E-state index in [0.29, 0.717) is 0 Å². The summed E-state index contributed by atoms with van der Waals surface area (Å²) in [6.45, 7) is 1.04. The molecule has 20 heavy (non-hydrogen) atoms. The van der Waals surface area contributed by atoms with Crippen LogP contribution in [0, 0.1) is 0 Å². The molecule has 112 valence electrons. The van der Waals surface area contributed by atoms with Crippen LogP contribution in [-0.4, -0.2) is 54.7 Å². The molecule has 0 aromatic carbocycles. The molecule has 1 aromatic heterocycles. The van der Waals surface area contributed by atoms with Gasteiger partial charge in [0.15, 0.2) is 5.72 Å². The highest BCUT2D eigenvalue weighted by atomic mass is 16.6. The van der Waals surface area contributed by atoms with Gasteiger partial charge in [0, 0.05) is 12.3 Å². The van der Waals surface area contributed by atoms with Crippen LogP contribution in [0.15, 0.2) is 21.9 Å². The lowest BCUT2D eigenvalue weighted by molar-refractivity contribution is -0.154. The molecule has 0 saturated carbocycles. The van der Waals surface area contributed by atoms with Gasteiger partial charge in [0.25, 0.3) is 5.56 Å². The lowest BCUT2D eigenvalue weighted by Crippen LogP contribution is -2.53. The molecule has 4 N–H and O–H groups in total. The zero-order valence-corrected chi connectivity index (χ0v) is 10.7. The lowest BCUT2D eigenvalue weighted by Gasteiger charge is -2.32. The molecular weight excluding hydrogens is 272 g/mol. The van der Waals surface area contributed by atoms with Crippen molar-refractivity contribution < 1.29 is 25.3 Å². The predicted molar refractivity (Wildman–Crippen MR) is 64.4 cm³/mol. The third-order valence-electron chi connectivity index (χ3n) is 3.58. The van der Waals surface area contributed by atoms with Crippen LogP contribution in [0.1, 0.15) is 13.3 Å². The van der Waals surface area contributed by atoms with Crippen LogP contribution < -0.4 is 11.2 Å². The average Bonchev–Trinajstić information content (AvgIpc) is 2.70. The summed E-state index contributed by atoms with van der Waals surface area (Å²) in [4.78, 5) is 23.1. The van der Waals surface area contributed by atoms with E-state index in [2.05, 4.69) is 0 Å². The van der Waals surface area contributed by atoms with Crippen LogP contribution in [-0.2, 0) is 10.5 Å². The molecule has 0 bridgehead atoms. The molecule has 1 saturated heterocycles. The molecule has 0 unspecified atom stereocenters. The number of aliphatic hydroxyl groups is 3. The maximum Gasteiger partial charge on any atom is 0.366 e. The van der Waals surface area contributed by atoms with E-state index in [1.807, 2.05) is 0 Å². The van der Waals surface area contributed by atoms with E-state index in [0.717, 1.165) is 16.8 Å². The van der Waals surface area contributed by atoms with E-state index in [1.54, 1.807) is 6.92 Å². The van der Waals surface area contributed by atoms with Crippen molar-refractivity contribution in [1.82, 2.24) is 9.30 Å². The fourth-order valence-electron chi connectivity index (χ4n) is 2.44. The molecule has 4 atom stereocenters. The summed E-state index contributed by atoms with van der Waals surface area (Å²) < 4.78 is 6.13. The minimum absolute atomic E-state index is 0.0693. The van der Waals surface area contributed by atoms with Crippen LogP contribution in [0.3, 0.4) is 0 Å². The fraction of sp³-hybridized carbons (Fsp3) is 0.636. The summed E-state index contributed by atoms with van der Waals surface area (Å²) in [6.07, 6.45) is -2.84. The van der Waals surface area contributed by atoms with E-state index in [-0.39, 0.29) is 11.2 Å². The first-order valence-electron chi connectivity index (χ1n) is 6.08. The highest BCUT2D eigenvalue weighted by molar-refractivity contribution is 5.01. The molecule has 1 aliphatic rings. The molecule has 1 aliphatic heterocycles. The van der Waals surface area contributed by atoms with E-state index in [9.17, 15) is 25.0 Å². The molecule has 1 fully saturated rings. The van der Waals surface area contributed by atoms with Crippen molar-refractivity contribution >= 4 is 0 Å². The average molecular weight is 288 g/mol. The molecular formula is C11H16N2O7. The van der Waals surface area contributed by atoms with Gasteiger partial charge in [-0.15, -0.1) is 0 Å². The number of hydrogen-bond acceptors (Lipinski definition) is 7. The van der Waals surface area contributed by atoms with Crippen molar-refractivity contribution in [2.75, 3.05) is 6.61 Å². The molecule has 2 heterocycles. The quantitative estimate of drug-likeness (QED) is 0.449. The highest BCUT2D eigenvalue weighted by Crippen LogP contribution is 2.37. The van der Waals surface area contributed by atoms with Crippen LogP contribution in [0.25, 0.3) is 0 Å². The summed E-state index contributed by atoms with van der Waals surface area (Å²) in [7, 11) is 0. The number of ether oxygens (including phenoxy) is 1. The third-order valence-corrected chi connectivity index (χ3v) is 3.58. The number of hydrogen-bond donors (Lipinski definition) is 4. The normalized spacial score (nSPS) is 33.5. The van der Waals surface area contributed by atoms with Crippen molar-refractivity contribution in [1.29, 1.82) is 0 Å². The summed E-state index contributed by atoms with van der Waals surface area (Å²) in [6, 6.07) is 0.924. The summed E-state index contributed by atoms with van der Waals surface area (Å²) in [5.74, 6) is 0. The van der Waals surface area contributed by atoms with Crippen molar-refractivity contribution in [3.05, 3.63) is 33.1 Å². The molecule has 0 radical (unpaired) electrons. The largest absolute Gasteiger partial charge is 0.421 e. The Hall–Kier alpha value is -1.68. The maximum absolute atomic E-state index is 11.9. The third kappa shape index (κ3) is 1.86. The van der Waals surface area contributed by atoms with Gasteiger partial charge < -0.3 is 25.3 Å². The fourth-order valence-corrected chi connectivity index (χ4v) is 2.44. The van der Waals surface area contributed by atoms with Crippen LogP contribution in [0.5, 0.6) is 0 Å². The minimum atomic E-state index is -1.66. The summed E-state index contributed by atoms with van der Waals surface area (Å²) in [5, 5.41) is 38.4. The Morgan fingerprint density at radius 3 is 2.55 bits per heavy atom. The van der Waals surface area contributed by atoms with Crippen molar-refractivity contribution in [2.24, 2.45) is 0 Å². The second-order valence-electron chi connectivity index (χ2n) is 4.59. The number of aromatic nitrogens is 2. The first-order valence-corrected chi connectivity index (χ1v) is 6.08. The summed E-state index contributed by atoms with van der Waals surface area (Å²) in [5.41, 5.74) is -3.70. The van der Waals surface area contributed by atoms with E-state index < -0.39 is 41.9 Å². The molecule has 9 nitrogen and oxygen atoms in total. The van der Waals surface area contributed by atoms with E-state index in [4.69, 9.17) is 9.84 Å². The Bertz CT molecular complexity index is 610. The van der Waals surface area contributed by atoms with Gasteiger partial charge >= 0.3 is 5.69 Å². The van der Waals surface area contributed by atoms with Gasteiger partial charge in [0.1, 0.15) is 18.3 Å². The molecule has 0 amide bonds. The lowest BCUT2D eigenvalue weighted by atomic mass is 10.00. The summed E-state index contributed by atoms with van der Waals surface area (Å²) >= 11 is 0. The Balaban J connectivity index is 2.62. The molecule has 2 rings (SSSR count). The Labute approximate surface area is 112 Å². The molecule has 0 spiro atoms. The van der Waals surface area contributed by atoms with Crippen LogP contribution in [0.2, 0.25) is 0 Å². The van der Waals surface area contributed by atoms with Gasteiger partial charge in [-0.3, -0.25) is 9.36 Å². The van der Waals surface area contributed by atoms with E-state index >= 15 is 0 Å². The highest BCUT2D eigenvalue weighted by Gasteiger charge is 2.54. The first kappa shape index (κ1) is 14.7. The van der Waals surface area contributed by atoms with Crippen LogP contribution >= 0.6 is 0 Å². The van der Waals surface area contributed by atoms with Crippen molar-refractivity contribution in [3.8, 4) is 0 Å². The number of aliphatic hydroxyl groups excluding tert-OH is 3. The maximum atomic E-state index is 11.9. The van der Waals surface area contributed by atoms with Gasteiger partial charge in [0.05, 0.1) is 6.61 Å². The van der Waals surface area contributed by atoms with Gasteiger partial charge in [-0.1, -0.05) is 11.7 Å². The van der Waals surface area contributed by atoms with Crippen LogP contribution in [0.4, 0.5) is 0 Å². The van der Waals surface area contributed by atoms with Crippen molar-refractivity contribution in [3.63, 3.8) is 0 Å². The second kappa shape index (κ2) is 5.02. The SMILES string of the molecule is CC[C@@]1(n2ccc(=O)n(O)c2=O)O[C@H](CO)[C@@H](O)[C@H]1O. The molecule has 9 heteroatoms. The van der Waals surface area contributed by atoms with Gasteiger partial charge in [0.2, 0.25) is 0 Å². The van der Waals surface area contributed by atoms with Gasteiger partial charge in [-0.25, -0.2) is 4.79 Å². The first-order chi connectivity index (χ1) is 9.39. The Morgan fingerprint density at radius 2 is 2.05 bits per heavy atom. The minimum Gasteiger partial charge on any atom is -0.421 e. The van der Waals surface area contributed by atoms with Gasteiger partial charge in [-0.2, -0.15) is 0 Å². The monoisotopic (exact) mass is 288 g/mol. The smallest absolute Gasteiger partial charge is 0.366 e. The van der Waals surface area contributed by atoms with E-state index in [1.165, 1.54) is 0 Å². The zero-order valence-electron chi connectivity index (χ0n) is 10.7. The predicted octanol–water partition coefficient (Wildman–Crippen LogP) is -2.58. The number of nitrogens with zero attached hydrogens (tertiary/aromatic N) is 2. The van der Waals surface area contributed by atoms with Gasteiger partial charge in [-0.05, 0) is 6.42 Å². The number of rotatable bonds is 3. The Kier molecular flexibility index (Phi) is 3.69.